The van der Waals surface area contributed by atoms with Gasteiger partial charge in [-0.1, -0.05) is 18.2 Å². The summed E-state index contributed by atoms with van der Waals surface area (Å²) in [6.07, 6.45) is 0.685. The number of rotatable bonds is 6. The molecule has 0 aliphatic rings. The number of nitrogens with one attached hydrogen (secondary N) is 1. The number of pyridine rings is 1. The van der Waals surface area contributed by atoms with E-state index < -0.39 is 0 Å². The highest BCUT2D eigenvalue weighted by atomic mass is 16.5. The Hall–Kier alpha value is -1.65. The smallest absolute Gasteiger partial charge is 0.145 e. The van der Waals surface area contributed by atoms with Crippen LogP contribution in [0.25, 0.3) is 10.9 Å². The van der Waals surface area contributed by atoms with E-state index in [0.717, 1.165) is 22.3 Å². The van der Waals surface area contributed by atoms with Crippen molar-refractivity contribution in [2.45, 2.75) is 38.8 Å². The van der Waals surface area contributed by atoms with Crippen LogP contribution in [0.4, 0.5) is 0 Å². The summed E-state index contributed by atoms with van der Waals surface area (Å²) in [5.74, 6) is 0.792. The highest BCUT2D eigenvalue weighted by Gasteiger charge is 2.25. The lowest BCUT2D eigenvalue weighted by molar-refractivity contribution is 0.116. The third-order valence-electron chi connectivity index (χ3n) is 3.84. The van der Waals surface area contributed by atoms with E-state index in [9.17, 15) is 5.11 Å². The van der Waals surface area contributed by atoms with Gasteiger partial charge in [-0.3, -0.25) is 0 Å². The van der Waals surface area contributed by atoms with E-state index in [1.807, 2.05) is 52.1 Å². The second-order valence-electron chi connectivity index (χ2n) is 5.88. The van der Waals surface area contributed by atoms with E-state index in [4.69, 9.17) is 4.74 Å². The predicted octanol–water partition coefficient (Wildman–Crippen LogP) is 2.67. The van der Waals surface area contributed by atoms with Crippen LogP contribution in [0.2, 0.25) is 0 Å². The Morgan fingerprint density at radius 2 is 2.10 bits per heavy atom. The number of likely N-dealkylation sites (N-methyl/N-ethyl adjacent to an activating group) is 1. The van der Waals surface area contributed by atoms with Crippen molar-refractivity contribution in [3.63, 3.8) is 0 Å². The molecule has 0 fully saturated rings. The average molecular weight is 288 g/mol. The number of aromatic nitrogens is 1. The molecule has 4 nitrogen and oxygen atoms in total. The molecule has 0 saturated carbocycles. The molecule has 2 unspecified atom stereocenters. The molecule has 1 aromatic heterocycles. The van der Waals surface area contributed by atoms with E-state index in [1.165, 1.54) is 0 Å². The molecule has 2 aromatic rings. The molecular weight excluding hydrogens is 264 g/mol. The van der Waals surface area contributed by atoms with Crippen LogP contribution in [0, 0.1) is 6.92 Å². The number of aliphatic hydroxyl groups excluding tert-OH is 1. The SMILES string of the molecule is CNC(C)(CO)CC(C)Oc1cccc2ccc(C)nc12. The summed E-state index contributed by atoms with van der Waals surface area (Å²) in [6, 6.07) is 10.0. The molecule has 0 spiro atoms. The molecule has 1 aromatic carbocycles. The number of aryl methyl sites for hydroxylation is 1. The molecule has 0 amide bonds. The van der Waals surface area contributed by atoms with Crippen molar-refractivity contribution in [3.8, 4) is 5.75 Å². The van der Waals surface area contributed by atoms with Crippen molar-refractivity contribution < 1.29 is 9.84 Å². The summed E-state index contributed by atoms with van der Waals surface area (Å²) < 4.78 is 6.07. The van der Waals surface area contributed by atoms with E-state index >= 15 is 0 Å². The lowest BCUT2D eigenvalue weighted by Crippen LogP contribution is -2.46. The van der Waals surface area contributed by atoms with Crippen molar-refractivity contribution in [1.29, 1.82) is 0 Å². The highest BCUT2D eigenvalue weighted by molar-refractivity contribution is 5.84. The average Bonchev–Trinajstić information content (AvgIpc) is 2.47. The van der Waals surface area contributed by atoms with Gasteiger partial charge in [0.15, 0.2) is 0 Å². The number of nitrogens with zero attached hydrogens (tertiary/aromatic N) is 1. The molecule has 21 heavy (non-hydrogen) atoms. The number of para-hydroxylation sites is 1. The molecule has 2 rings (SSSR count). The number of aliphatic hydroxyl groups is 1. The molecular formula is C17H24N2O2. The first-order valence-corrected chi connectivity index (χ1v) is 7.30. The maximum absolute atomic E-state index is 9.48. The highest BCUT2D eigenvalue weighted by Crippen LogP contribution is 2.26. The fourth-order valence-electron chi connectivity index (χ4n) is 2.45. The molecule has 4 heteroatoms. The topological polar surface area (TPSA) is 54.4 Å². The van der Waals surface area contributed by atoms with Crippen molar-refractivity contribution in [3.05, 3.63) is 36.0 Å². The van der Waals surface area contributed by atoms with E-state index in [2.05, 4.69) is 16.4 Å². The van der Waals surface area contributed by atoms with Gasteiger partial charge in [0.25, 0.3) is 0 Å². The first-order chi connectivity index (χ1) is 9.97. The second kappa shape index (κ2) is 6.41. The van der Waals surface area contributed by atoms with Gasteiger partial charge >= 0.3 is 0 Å². The quantitative estimate of drug-likeness (QED) is 0.858. The van der Waals surface area contributed by atoms with Gasteiger partial charge in [0, 0.05) is 23.0 Å². The van der Waals surface area contributed by atoms with Gasteiger partial charge in [-0.25, -0.2) is 4.98 Å². The molecule has 0 aliphatic carbocycles. The Bertz CT molecular complexity index is 609. The fourth-order valence-corrected chi connectivity index (χ4v) is 2.45. The minimum absolute atomic E-state index is 0.0255. The van der Waals surface area contributed by atoms with Crippen molar-refractivity contribution in [1.82, 2.24) is 10.3 Å². The summed E-state index contributed by atoms with van der Waals surface area (Å²) in [5.41, 5.74) is 1.52. The third-order valence-corrected chi connectivity index (χ3v) is 3.84. The van der Waals surface area contributed by atoms with Crippen LogP contribution in [-0.4, -0.2) is 35.4 Å². The maximum atomic E-state index is 9.48. The van der Waals surface area contributed by atoms with Crippen LogP contribution >= 0.6 is 0 Å². The molecule has 0 aliphatic heterocycles. The maximum Gasteiger partial charge on any atom is 0.145 e. The first kappa shape index (κ1) is 15.7. The summed E-state index contributed by atoms with van der Waals surface area (Å²) >= 11 is 0. The summed E-state index contributed by atoms with van der Waals surface area (Å²) in [6.45, 7) is 6.05. The van der Waals surface area contributed by atoms with Crippen molar-refractivity contribution >= 4 is 10.9 Å². The van der Waals surface area contributed by atoms with E-state index in [0.29, 0.717) is 6.42 Å². The fraction of sp³-hybridized carbons (Fsp3) is 0.471. The minimum atomic E-state index is -0.340. The standard InChI is InChI=1S/C17H24N2O2/c1-12-8-9-14-6-5-7-15(16(14)19-12)21-13(2)10-17(3,11-20)18-4/h5-9,13,18,20H,10-11H2,1-4H3. The molecule has 114 valence electrons. The van der Waals surface area contributed by atoms with E-state index in [1.54, 1.807) is 0 Å². The summed E-state index contributed by atoms with van der Waals surface area (Å²) in [4.78, 5) is 4.58. The Labute approximate surface area is 126 Å². The molecule has 1 heterocycles. The van der Waals surface area contributed by atoms with Gasteiger partial charge in [0.2, 0.25) is 0 Å². The molecule has 0 saturated heterocycles. The normalized spacial score (nSPS) is 15.7. The van der Waals surface area contributed by atoms with Crippen LogP contribution < -0.4 is 10.1 Å². The van der Waals surface area contributed by atoms with Gasteiger partial charge in [-0.2, -0.15) is 0 Å². The number of ether oxygens (including phenoxy) is 1. The Morgan fingerprint density at radius 3 is 2.76 bits per heavy atom. The zero-order valence-electron chi connectivity index (χ0n) is 13.2. The van der Waals surface area contributed by atoms with Gasteiger partial charge in [-0.15, -0.1) is 0 Å². The van der Waals surface area contributed by atoms with Crippen LogP contribution in [-0.2, 0) is 0 Å². The molecule has 0 bridgehead atoms. The van der Waals surface area contributed by atoms with Crippen LogP contribution in [0.15, 0.2) is 30.3 Å². The Morgan fingerprint density at radius 1 is 1.33 bits per heavy atom. The lowest BCUT2D eigenvalue weighted by Gasteiger charge is -2.30. The largest absolute Gasteiger partial charge is 0.488 e. The number of benzene rings is 1. The number of hydrogen-bond donors (Lipinski definition) is 2. The Balaban J connectivity index is 2.21. The second-order valence-corrected chi connectivity index (χ2v) is 5.88. The number of fused-ring (bicyclic) bond motifs is 1. The molecule has 0 radical (unpaired) electrons. The zero-order chi connectivity index (χ0) is 15.5. The molecule has 2 atom stereocenters. The van der Waals surface area contributed by atoms with Gasteiger partial charge in [-0.05, 0) is 40.0 Å². The van der Waals surface area contributed by atoms with Crippen LogP contribution in [0.1, 0.15) is 26.0 Å². The number of hydrogen-bond acceptors (Lipinski definition) is 4. The summed E-state index contributed by atoms with van der Waals surface area (Å²) in [7, 11) is 1.85. The minimum Gasteiger partial charge on any atom is -0.488 e. The van der Waals surface area contributed by atoms with Gasteiger partial charge in [0.05, 0.1) is 12.7 Å². The molecule has 2 N–H and O–H groups in total. The van der Waals surface area contributed by atoms with Gasteiger partial charge < -0.3 is 15.2 Å². The van der Waals surface area contributed by atoms with Crippen LogP contribution in [0.5, 0.6) is 5.75 Å². The van der Waals surface area contributed by atoms with Gasteiger partial charge in [0.1, 0.15) is 11.3 Å². The monoisotopic (exact) mass is 288 g/mol. The van der Waals surface area contributed by atoms with Crippen molar-refractivity contribution in [2.75, 3.05) is 13.7 Å². The van der Waals surface area contributed by atoms with E-state index in [-0.39, 0.29) is 18.2 Å². The van der Waals surface area contributed by atoms with Crippen LogP contribution in [0.3, 0.4) is 0 Å². The summed E-state index contributed by atoms with van der Waals surface area (Å²) in [5, 5.41) is 13.7. The first-order valence-electron chi connectivity index (χ1n) is 7.30. The van der Waals surface area contributed by atoms with Crippen molar-refractivity contribution in [2.24, 2.45) is 0 Å². The Kier molecular flexibility index (Phi) is 4.80. The zero-order valence-corrected chi connectivity index (χ0v) is 13.2. The third kappa shape index (κ3) is 3.71. The predicted molar refractivity (Wildman–Crippen MR) is 85.7 cm³/mol. The lowest BCUT2D eigenvalue weighted by atomic mass is 9.96.